The molecule has 94 valence electrons. The summed E-state index contributed by atoms with van der Waals surface area (Å²) in [5, 5.41) is 9.98. The normalized spacial score (nSPS) is 12.4. The van der Waals surface area contributed by atoms with Crippen LogP contribution in [0.15, 0.2) is 53.0 Å². The predicted octanol–water partition coefficient (Wildman–Crippen LogP) is 3.73. The highest BCUT2D eigenvalue weighted by Crippen LogP contribution is 2.14. The highest BCUT2D eigenvalue weighted by atomic mass is 79.9. The lowest BCUT2D eigenvalue weighted by Crippen LogP contribution is -2.13. The van der Waals surface area contributed by atoms with Crippen LogP contribution >= 0.6 is 15.9 Å². The Labute approximate surface area is 114 Å². The van der Waals surface area contributed by atoms with Gasteiger partial charge in [-0.2, -0.15) is 0 Å². The van der Waals surface area contributed by atoms with Crippen LogP contribution in [0.2, 0.25) is 0 Å². The average molecular weight is 309 g/mol. The van der Waals surface area contributed by atoms with Gasteiger partial charge in [0, 0.05) is 4.47 Å². The molecular formula is C15H14BrFO. The summed E-state index contributed by atoms with van der Waals surface area (Å²) in [6.07, 6.45) is 0.547. The van der Waals surface area contributed by atoms with Crippen molar-refractivity contribution in [2.24, 2.45) is 0 Å². The number of rotatable bonds is 4. The molecule has 2 rings (SSSR count). The summed E-state index contributed by atoms with van der Waals surface area (Å²) in [7, 11) is 0. The Hall–Kier alpha value is -1.19. The van der Waals surface area contributed by atoms with E-state index in [1.165, 1.54) is 12.1 Å². The van der Waals surface area contributed by atoms with Gasteiger partial charge in [-0.05, 0) is 48.2 Å². The molecule has 0 aliphatic heterocycles. The van der Waals surface area contributed by atoms with Crippen LogP contribution in [0, 0.1) is 5.82 Å². The van der Waals surface area contributed by atoms with Gasteiger partial charge in [0.15, 0.2) is 0 Å². The number of benzene rings is 2. The number of halogens is 2. The lowest BCUT2D eigenvalue weighted by atomic mass is 10.0. The van der Waals surface area contributed by atoms with E-state index in [0.29, 0.717) is 12.8 Å². The number of aliphatic hydroxyl groups excluding tert-OH is 1. The summed E-state index contributed by atoms with van der Waals surface area (Å²) in [5.41, 5.74) is 1.89. The van der Waals surface area contributed by atoms with Gasteiger partial charge in [0.25, 0.3) is 0 Å². The minimum Gasteiger partial charge on any atom is -0.392 e. The quantitative estimate of drug-likeness (QED) is 0.912. The van der Waals surface area contributed by atoms with E-state index < -0.39 is 6.10 Å². The molecule has 0 radical (unpaired) electrons. The molecule has 0 heterocycles. The van der Waals surface area contributed by atoms with E-state index in [-0.39, 0.29) is 5.82 Å². The van der Waals surface area contributed by atoms with Crippen molar-refractivity contribution in [2.45, 2.75) is 18.9 Å². The number of aliphatic hydroxyl groups is 1. The third kappa shape index (κ3) is 3.93. The first kappa shape index (κ1) is 13.2. The van der Waals surface area contributed by atoms with Crippen molar-refractivity contribution in [1.29, 1.82) is 0 Å². The van der Waals surface area contributed by atoms with Gasteiger partial charge in [-0.15, -0.1) is 0 Å². The molecule has 0 fully saturated rings. The van der Waals surface area contributed by atoms with Gasteiger partial charge >= 0.3 is 0 Å². The Balaban J connectivity index is 1.96. The molecular weight excluding hydrogens is 295 g/mol. The molecule has 1 atom stereocenters. The zero-order valence-corrected chi connectivity index (χ0v) is 11.4. The molecule has 0 aromatic heterocycles. The molecule has 0 saturated heterocycles. The second-order valence-electron chi connectivity index (χ2n) is 4.32. The van der Waals surface area contributed by atoms with Crippen LogP contribution in [0.4, 0.5) is 4.39 Å². The van der Waals surface area contributed by atoms with E-state index in [2.05, 4.69) is 15.9 Å². The Morgan fingerprint density at radius 1 is 1.00 bits per heavy atom. The summed E-state index contributed by atoms with van der Waals surface area (Å²) in [6, 6.07) is 14.2. The van der Waals surface area contributed by atoms with Gasteiger partial charge in [-0.3, -0.25) is 0 Å². The molecule has 0 aliphatic carbocycles. The molecule has 1 unspecified atom stereocenters. The first-order valence-corrected chi connectivity index (χ1v) is 6.60. The molecule has 2 aromatic carbocycles. The van der Waals surface area contributed by atoms with Crippen LogP contribution in [0.25, 0.3) is 0 Å². The zero-order chi connectivity index (χ0) is 13.0. The van der Waals surface area contributed by atoms with Crippen molar-refractivity contribution >= 4 is 15.9 Å². The fraction of sp³-hybridized carbons (Fsp3) is 0.200. The zero-order valence-electron chi connectivity index (χ0n) is 9.81. The summed E-state index contributed by atoms with van der Waals surface area (Å²) in [5.74, 6) is -0.261. The van der Waals surface area contributed by atoms with Gasteiger partial charge in [-0.25, -0.2) is 4.39 Å². The first-order valence-electron chi connectivity index (χ1n) is 5.80. The molecule has 2 aromatic rings. The van der Waals surface area contributed by atoms with Gasteiger partial charge in [-0.1, -0.05) is 40.2 Å². The van der Waals surface area contributed by atoms with Gasteiger partial charge < -0.3 is 5.11 Å². The smallest absolute Gasteiger partial charge is 0.123 e. The van der Waals surface area contributed by atoms with Crippen LogP contribution in [0.1, 0.15) is 11.1 Å². The summed E-state index contributed by atoms with van der Waals surface area (Å²) >= 11 is 3.37. The number of hydrogen-bond donors (Lipinski definition) is 1. The molecule has 3 heteroatoms. The Kier molecular flexibility index (Phi) is 4.50. The second kappa shape index (κ2) is 6.12. The third-order valence-electron chi connectivity index (χ3n) is 2.74. The van der Waals surface area contributed by atoms with Crippen LogP contribution in [-0.2, 0) is 12.8 Å². The highest BCUT2D eigenvalue weighted by molar-refractivity contribution is 9.10. The lowest BCUT2D eigenvalue weighted by Gasteiger charge is -2.11. The van der Waals surface area contributed by atoms with Crippen molar-refractivity contribution in [3.05, 3.63) is 69.9 Å². The van der Waals surface area contributed by atoms with E-state index in [9.17, 15) is 9.50 Å². The van der Waals surface area contributed by atoms with Crippen molar-refractivity contribution < 1.29 is 9.50 Å². The molecule has 1 nitrogen and oxygen atoms in total. The second-order valence-corrected chi connectivity index (χ2v) is 5.23. The molecule has 0 bridgehead atoms. The summed E-state index contributed by atoms with van der Waals surface area (Å²) < 4.78 is 14.0. The fourth-order valence-electron chi connectivity index (χ4n) is 1.90. The van der Waals surface area contributed by atoms with Crippen molar-refractivity contribution in [1.82, 2.24) is 0 Å². The van der Waals surface area contributed by atoms with Crippen molar-refractivity contribution in [3.63, 3.8) is 0 Å². The van der Waals surface area contributed by atoms with E-state index in [1.807, 2.05) is 30.3 Å². The monoisotopic (exact) mass is 308 g/mol. The van der Waals surface area contributed by atoms with Gasteiger partial charge in [0.1, 0.15) is 5.82 Å². The molecule has 0 saturated carbocycles. The van der Waals surface area contributed by atoms with Crippen LogP contribution in [-0.4, -0.2) is 11.2 Å². The van der Waals surface area contributed by atoms with E-state index in [0.717, 1.165) is 15.6 Å². The third-order valence-corrected chi connectivity index (χ3v) is 3.27. The maximum absolute atomic E-state index is 13.0. The first-order chi connectivity index (χ1) is 8.63. The molecule has 1 N–H and O–H groups in total. The Morgan fingerprint density at radius 2 is 1.67 bits per heavy atom. The van der Waals surface area contributed by atoms with E-state index in [4.69, 9.17) is 0 Å². The van der Waals surface area contributed by atoms with Gasteiger partial charge in [0.05, 0.1) is 6.10 Å². The summed E-state index contributed by atoms with van der Waals surface area (Å²) in [4.78, 5) is 0. The number of hydrogen-bond acceptors (Lipinski definition) is 1. The molecule has 18 heavy (non-hydrogen) atoms. The standard InChI is InChI=1S/C15H14BrFO/c16-13-6-4-11(5-7-13)9-15(18)10-12-2-1-3-14(17)8-12/h1-8,15,18H,9-10H2. The lowest BCUT2D eigenvalue weighted by molar-refractivity contribution is 0.175. The SMILES string of the molecule is OC(Cc1ccc(Br)cc1)Cc1cccc(F)c1. The van der Waals surface area contributed by atoms with E-state index >= 15 is 0 Å². The maximum atomic E-state index is 13.0. The molecule has 0 spiro atoms. The average Bonchev–Trinajstić information content (AvgIpc) is 2.32. The minimum atomic E-state index is -0.493. The van der Waals surface area contributed by atoms with E-state index in [1.54, 1.807) is 6.07 Å². The van der Waals surface area contributed by atoms with Crippen LogP contribution in [0.5, 0.6) is 0 Å². The predicted molar refractivity (Wildman–Crippen MR) is 74.0 cm³/mol. The topological polar surface area (TPSA) is 20.2 Å². The minimum absolute atomic E-state index is 0.261. The van der Waals surface area contributed by atoms with Crippen LogP contribution < -0.4 is 0 Å². The van der Waals surface area contributed by atoms with Gasteiger partial charge in [0.2, 0.25) is 0 Å². The maximum Gasteiger partial charge on any atom is 0.123 e. The highest BCUT2D eigenvalue weighted by Gasteiger charge is 2.07. The Morgan fingerprint density at radius 3 is 2.33 bits per heavy atom. The largest absolute Gasteiger partial charge is 0.392 e. The molecule has 0 amide bonds. The van der Waals surface area contributed by atoms with Crippen LogP contribution in [0.3, 0.4) is 0 Å². The summed E-state index contributed by atoms with van der Waals surface area (Å²) in [6.45, 7) is 0. The Bertz CT molecular complexity index is 510. The van der Waals surface area contributed by atoms with Crippen molar-refractivity contribution in [2.75, 3.05) is 0 Å². The fourth-order valence-corrected chi connectivity index (χ4v) is 2.17. The van der Waals surface area contributed by atoms with Crippen molar-refractivity contribution in [3.8, 4) is 0 Å². The molecule has 0 aliphatic rings.